The van der Waals surface area contributed by atoms with E-state index in [1.165, 1.54) is 0 Å². The maximum absolute atomic E-state index is 11.2. The van der Waals surface area contributed by atoms with E-state index < -0.39 is 0 Å². The van der Waals surface area contributed by atoms with Gasteiger partial charge in [-0.3, -0.25) is 0 Å². The van der Waals surface area contributed by atoms with E-state index in [0.29, 0.717) is 24.0 Å². The van der Waals surface area contributed by atoms with E-state index in [9.17, 15) is 4.79 Å². The van der Waals surface area contributed by atoms with Crippen LogP contribution >= 0.6 is 0 Å². The highest BCUT2D eigenvalue weighted by molar-refractivity contribution is 5.87. The molecule has 0 fully saturated rings. The van der Waals surface area contributed by atoms with Crippen LogP contribution < -0.4 is 0 Å². The molecule has 0 rings (SSSR count). The van der Waals surface area contributed by atoms with Crippen LogP contribution in [-0.4, -0.2) is 12.6 Å². The molecule has 2 nitrogen and oxygen atoms in total. The monoisotopic (exact) mass is 184 g/mol. The minimum atomic E-state index is -0.199. The molecule has 0 aliphatic rings. The molecule has 0 heterocycles. The Kier molecular flexibility index (Phi) is 5.44. The van der Waals surface area contributed by atoms with Crippen molar-refractivity contribution in [2.45, 2.75) is 34.6 Å². The van der Waals surface area contributed by atoms with Crippen molar-refractivity contribution in [2.75, 3.05) is 6.61 Å². The predicted octanol–water partition coefficient (Wildman–Crippen LogP) is 2.79. The average Bonchev–Trinajstić information content (AvgIpc) is 2.11. The van der Waals surface area contributed by atoms with Crippen molar-refractivity contribution in [3.05, 3.63) is 11.6 Å². The van der Waals surface area contributed by atoms with Gasteiger partial charge in [0, 0.05) is 5.57 Å². The van der Waals surface area contributed by atoms with Crippen LogP contribution in [0.3, 0.4) is 0 Å². The van der Waals surface area contributed by atoms with Crippen molar-refractivity contribution in [3.8, 4) is 0 Å². The lowest BCUT2D eigenvalue weighted by Crippen LogP contribution is -2.16. The maximum Gasteiger partial charge on any atom is 0.333 e. The van der Waals surface area contributed by atoms with E-state index in [0.717, 1.165) is 0 Å². The smallest absolute Gasteiger partial charge is 0.333 e. The summed E-state index contributed by atoms with van der Waals surface area (Å²) in [7, 11) is 0. The van der Waals surface area contributed by atoms with Crippen molar-refractivity contribution in [2.24, 2.45) is 11.8 Å². The molecule has 0 N–H and O–H groups in total. The topological polar surface area (TPSA) is 26.3 Å². The third-order valence-electron chi connectivity index (χ3n) is 2.37. The summed E-state index contributed by atoms with van der Waals surface area (Å²) in [5.41, 5.74) is 0.677. The Morgan fingerprint density at radius 1 is 1.38 bits per heavy atom. The number of hydrogen-bond acceptors (Lipinski definition) is 2. The van der Waals surface area contributed by atoms with Gasteiger partial charge in [0.25, 0.3) is 0 Å². The molecule has 0 saturated carbocycles. The number of hydrogen-bond donors (Lipinski definition) is 0. The van der Waals surface area contributed by atoms with Gasteiger partial charge in [-0.05, 0) is 25.7 Å². The molecule has 0 aromatic carbocycles. The third kappa shape index (κ3) is 4.71. The number of allylic oxidation sites excluding steroid dienone is 1. The maximum atomic E-state index is 11.2. The minimum absolute atomic E-state index is 0.199. The second-order valence-corrected chi connectivity index (χ2v) is 3.79. The molecule has 0 saturated heterocycles. The summed E-state index contributed by atoms with van der Waals surface area (Å²) >= 11 is 0. The lowest BCUT2D eigenvalue weighted by Gasteiger charge is -2.15. The Morgan fingerprint density at radius 3 is 2.31 bits per heavy atom. The number of ether oxygens (including phenoxy) is 1. The Labute approximate surface area is 81.0 Å². The van der Waals surface area contributed by atoms with Crippen molar-refractivity contribution < 1.29 is 9.53 Å². The Hall–Kier alpha value is -0.790. The van der Waals surface area contributed by atoms with E-state index in [2.05, 4.69) is 20.8 Å². The average molecular weight is 184 g/mol. The molecular formula is C11H20O2. The van der Waals surface area contributed by atoms with Crippen LogP contribution in [0, 0.1) is 11.8 Å². The first-order chi connectivity index (χ1) is 5.99. The highest BCUT2D eigenvalue weighted by Crippen LogP contribution is 2.10. The second-order valence-electron chi connectivity index (χ2n) is 3.79. The Morgan fingerprint density at radius 2 is 1.92 bits per heavy atom. The fraction of sp³-hybridized carbons (Fsp3) is 0.727. The van der Waals surface area contributed by atoms with Gasteiger partial charge in [0.2, 0.25) is 0 Å². The first-order valence-electron chi connectivity index (χ1n) is 4.79. The van der Waals surface area contributed by atoms with Gasteiger partial charge in [-0.15, -0.1) is 0 Å². The summed E-state index contributed by atoms with van der Waals surface area (Å²) in [4.78, 5) is 11.2. The lowest BCUT2D eigenvalue weighted by molar-refractivity contribution is -0.140. The zero-order valence-corrected chi connectivity index (χ0v) is 9.26. The number of carbonyl (C=O) groups excluding carboxylic acids is 1. The van der Waals surface area contributed by atoms with Crippen LogP contribution in [0.2, 0.25) is 0 Å². The summed E-state index contributed by atoms with van der Waals surface area (Å²) in [6, 6.07) is 0. The Bertz CT molecular complexity index is 192. The second kappa shape index (κ2) is 5.79. The van der Waals surface area contributed by atoms with Gasteiger partial charge >= 0.3 is 5.97 Å². The quantitative estimate of drug-likeness (QED) is 0.496. The van der Waals surface area contributed by atoms with E-state index in [-0.39, 0.29) is 5.97 Å². The third-order valence-corrected chi connectivity index (χ3v) is 2.37. The van der Waals surface area contributed by atoms with Crippen molar-refractivity contribution in [1.82, 2.24) is 0 Å². The standard InChI is InChI=1S/C11H20O2/c1-6-9(4)11(12)13-7-10(5)8(2)3/h6,8,10H,7H2,1-5H3. The molecule has 0 amide bonds. The molecular weight excluding hydrogens is 164 g/mol. The molecule has 0 aromatic heterocycles. The predicted molar refractivity (Wildman–Crippen MR) is 54.4 cm³/mol. The van der Waals surface area contributed by atoms with Crippen LogP contribution in [0.1, 0.15) is 34.6 Å². The number of carbonyl (C=O) groups is 1. The van der Waals surface area contributed by atoms with Gasteiger partial charge in [-0.25, -0.2) is 4.79 Å². The summed E-state index contributed by atoms with van der Waals surface area (Å²) in [6.45, 7) is 10.5. The molecule has 76 valence electrons. The molecule has 13 heavy (non-hydrogen) atoms. The van der Waals surface area contributed by atoms with Gasteiger partial charge in [0.15, 0.2) is 0 Å². The molecule has 0 spiro atoms. The van der Waals surface area contributed by atoms with Crippen LogP contribution in [0.15, 0.2) is 11.6 Å². The zero-order valence-electron chi connectivity index (χ0n) is 9.26. The fourth-order valence-corrected chi connectivity index (χ4v) is 0.631. The molecule has 0 aliphatic heterocycles. The molecule has 1 atom stereocenters. The van der Waals surface area contributed by atoms with Crippen molar-refractivity contribution >= 4 is 5.97 Å². The summed E-state index contributed by atoms with van der Waals surface area (Å²) in [5, 5.41) is 0. The summed E-state index contributed by atoms with van der Waals surface area (Å²) in [5.74, 6) is 0.780. The first-order valence-corrected chi connectivity index (χ1v) is 4.79. The molecule has 0 aliphatic carbocycles. The molecule has 0 bridgehead atoms. The van der Waals surface area contributed by atoms with Crippen molar-refractivity contribution in [3.63, 3.8) is 0 Å². The minimum Gasteiger partial charge on any atom is -0.462 e. The van der Waals surface area contributed by atoms with Gasteiger partial charge in [0.1, 0.15) is 0 Å². The number of esters is 1. The van der Waals surface area contributed by atoms with Crippen LogP contribution in [0.25, 0.3) is 0 Å². The van der Waals surface area contributed by atoms with Gasteiger partial charge in [-0.2, -0.15) is 0 Å². The zero-order chi connectivity index (χ0) is 10.4. The van der Waals surface area contributed by atoms with E-state index in [4.69, 9.17) is 4.74 Å². The van der Waals surface area contributed by atoms with E-state index in [1.54, 1.807) is 13.0 Å². The lowest BCUT2D eigenvalue weighted by atomic mass is 9.99. The van der Waals surface area contributed by atoms with Crippen LogP contribution in [0.4, 0.5) is 0 Å². The molecule has 2 heteroatoms. The highest BCUT2D eigenvalue weighted by atomic mass is 16.5. The Balaban J connectivity index is 3.84. The summed E-state index contributed by atoms with van der Waals surface area (Å²) < 4.78 is 5.11. The van der Waals surface area contributed by atoms with Crippen molar-refractivity contribution in [1.29, 1.82) is 0 Å². The summed E-state index contributed by atoms with van der Waals surface area (Å²) in [6.07, 6.45) is 1.77. The van der Waals surface area contributed by atoms with Gasteiger partial charge < -0.3 is 4.74 Å². The van der Waals surface area contributed by atoms with Crippen LogP contribution in [-0.2, 0) is 9.53 Å². The first kappa shape index (κ1) is 12.2. The molecule has 0 aromatic rings. The largest absolute Gasteiger partial charge is 0.462 e. The number of rotatable bonds is 4. The SMILES string of the molecule is CC=C(C)C(=O)OCC(C)C(C)C. The van der Waals surface area contributed by atoms with E-state index in [1.807, 2.05) is 6.92 Å². The van der Waals surface area contributed by atoms with Gasteiger partial charge in [0.05, 0.1) is 6.61 Å². The van der Waals surface area contributed by atoms with Gasteiger partial charge in [-0.1, -0.05) is 26.8 Å². The van der Waals surface area contributed by atoms with E-state index >= 15 is 0 Å². The molecule has 1 unspecified atom stereocenters. The molecule has 0 radical (unpaired) electrons. The normalized spacial score (nSPS) is 14.5. The fourth-order valence-electron chi connectivity index (χ4n) is 0.631. The highest BCUT2D eigenvalue weighted by Gasteiger charge is 2.10. The van der Waals surface area contributed by atoms with Crippen LogP contribution in [0.5, 0.6) is 0 Å².